The summed E-state index contributed by atoms with van der Waals surface area (Å²) in [5.41, 5.74) is 1.60. The molecule has 5 heteroatoms. The first-order valence-electron chi connectivity index (χ1n) is 6.43. The van der Waals surface area contributed by atoms with Gasteiger partial charge in [0.15, 0.2) is 0 Å². The largest absolute Gasteiger partial charge is 0.496 e. The molecule has 0 unspecified atom stereocenters. The summed E-state index contributed by atoms with van der Waals surface area (Å²) in [6.45, 7) is 5.20. The Morgan fingerprint density at radius 2 is 2.16 bits per heavy atom. The second-order valence-corrected chi connectivity index (χ2v) is 5.03. The summed E-state index contributed by atoms with van der Waals surface area (Å²) in [5.74, 6) is 0.213. The van der Waals surface area contributed by atoms with E-state index in [0.29, 0.717) is 17.3 Å². The van der Waals surface area contributed by atoms with Crippen LogP contribution in [0.4, 0.5) is 4.39 Å². The fourth-order valence-electron chi connectivity index (χ4n) is 2.03. The van der Waals surface area contributed by atoms with Crippen molar-refractivity contribution < 1.29 is 9.13 Å². The lowest BCUT2D eigenvalue weighted by molar-refractivity contribution is 0.277. The molecular formula is C14H20FN3O. The molecule has 1 heterocycles. The lowest BCUT2D eigenvalue weighted by Crippen LogP contribution is -2.28. The van der Waals surface area contributed by atoms with Gasteiger partial charge >= 0.3 is 0 Å². The van der Waals surface area contributed by atoms with Crippen molar-refractivity contribution in [3.8, 4) is 5.75 Å². The normalized spacial score (nSPS) is 11.7. The number of hydrogen-bond donors (Lipinski definition) is 1. The second-order valence-electron chi connectivity index (χ2n) is 5.03. The molecule has 104 valence electrons. The van der Waals surface area contributed by atoms with Crippen LogP contribution in [0.15, 0.2) is 12.1 Å². The van der Waals surface area contributed by atoms with Gasteiger partial charge in [-0.2, -0.15) is 5.10 Å². The van der Waals surface area contributed by atoms with E-state index in [1.165, 1.54) is 12.1 Å². The van der Waals surface area contributed by atoms with Gasteiger partial charge in [-0.25, -0.2) is 4.39 Å². The van der Waals surface area contributed by atoms with Crippen LogP contribution in [-0.2, 0) is 6.42 Å². The van der Waals surface area contributed by atoms with Crippen molar-refractivity contribution in [2.24, 2.45) is 0 Å². The van der Waals surface area contributed by atoms with Crippen LogP contribution in [-0.4, -0.2) is 41.8 Å². The van der Waals surface area contributed by atoms with Crippen LogP contribution in [0.2, 0.25) is 0 Å². The van der Waals surface area contributed by atoms with E-state index in [1.807, 2.05) is 0 Å². The maximum absolute atomic E-state index is 13.4. The Balaban J connectivity index is 2.29. The summed E-state index contributed by atoms with van der Waals surface area (Å²) >= 11 is 0. The van der Waals surface area contributed by atoms with Gasteiger partial charge in [0.05, 0.1) is 23.7 Å². The Bertz CT molecular complexity index is 565. The highest BCUT2D eigenvalue weighted by molar-refractivity contribution is 5.87. The van der Waals surface area contributed by atoms with E-state index in [4.69, 9.17) is 4.74 Å². The molecule has 1 aromatic carbocycles. The van der Waals surface area contributed by atoms with E-state index in [9.17, 15) is 4.39 Å². The van der Waals surface area contributed by atoms with E-state index in [1.54, 1.807) is 7.11 Å². The minimum atomic E-state index is -0.321. The molecule has 0 amide bonds. The number of nitrogens with one attached hydrogen (secondary N) is 1. The number of methoxy groups -OCH3 is 1. The highest BCUT2D eigenvalue weighted by Gasteiger charge is 2.14. The molecule has 1 N–H and O–H groups in total. The average molecular weight is 265 g/mol. The van der Waals surface area contributed by atoms with E-state index in [-0.39, 0.29) is 5.82 Å². The first-order chi connectivity index (χ1) is 9.02. The fraction of sp³-hybridized carbons (Fsp3) is 0.500. The number of aromatic amines is 1. The number of hydrogen-bond acceptors (Lipinski definition) is 3. The molecule has 0 fully saturated rings. The second kappa shape index (κ2) is 5.57. The van der Waals surface area contributed by atoms with Gasteiger partial charge in [-0.15, -0.1) is 0 Å². The zero-order chi connectivity index (χ0) is 14.0. The van der Waals surface area contributed by atoms with Gasteiger partial charge in [-0.05, 0) is 27.0 Å². The van der Waals surface area contributed by atoms with Crippen LogP contribution in [0.3, 0.4) is 0 Å². The molecule has 0 saturated heterocycles. The van der Waals surface area contributed by atoms with E-state index in [2.05, 4.69) is 36.0 Å². The summed E-state index contributed by atoms with van der Waals surface area (Å²) in [6, 6.07) is 3.33. The molecule has 0 spiro atoms. The molecule has 0 aliphatic rings. The van der Waals surface area contributed by atoms with Crippen LogP contribution in [0, 0.1) is 5.82 Å². The summed E-state index contributed by atoms with van der Waals surface area (Å²) in [7, 11) is 3.63. The molecule has 0 aliphatic carbocycles. The van der Waals surface area contributed by atoms with Gasteiger partial charge in [0, 0.05) is 25.1 Å². The maximum atomic E-state index is 13.4. The summed E-state index contributed by atoms with van der Waals surface area (Å²) in [5, 5.41) is 8.02. The minimum Gasteiger partial charge on any atom is -0.496 e. The van der Waals surface area contributed by atoms with Gasteiger partial charge in [0.25, 0.3) is 0 Å². The molecule has 0 aliphatic heterocycles. The molecule has 0 radical (unpaired) electrons. The predicted molar refractivity (Wildman–Crippen MR) is 74.1 cm³/mol. The Morgan fingerprint density at radius 3 is 2.79 bits per heavy atom. The molecule has 0 bridgehead atoms. The molecule has 19 heavy (non-hydrogen) atoms. The summed E-state index contributed by atoms with van der Waals surface area (Å²) in [4.78, 5) is 2.25. The number of aromatic nitrogens is 2. The topological polar surface area (TPSA) is 41.1 Å². The van der Waals surface area contributed by atoms with Crippen LogP contribution >= 0.6 is 0 Å². The number of nitrogens with zero attached hydrogens (tertiary/aromatic N) is 2. The number of rotatable bonds is 5. The zero-order valence-corrected chi connectivity index (χ0v) is 11.8. The Morgan fingerprint density at radius 1 is 1.42 bits per heavy atom. The quantitative estimate of drug-likeness (QED) is 0.903. The van der Waals surface area contributed by atoms with Gasteiger partial charge < -0.3 is 9.64 Å². The predicted octanol–water partition coefficient (Wildman–Crippen LogP) is 2.59. The minimum absolute atomic E-state index is 0.321. The van der Waals surface area contributed by atoms with Crippen molar-refractivity contribution in [3.63, 3.8) is 0 Å². The number of likely N-dealkylation sites (N-methyl/N-ethyl adjacent to an activating group) is 1. The number of ether oxygens (including phenoxy) is 1. The first kappa shape index (κ1) is 13.8. The molecular weight excluding hydrogens is 245 g/mol. The Labute approximate surface area is 112 Å². The highest BCUT2D eigenvalue weighted by atomic mass is 19.1. The van der Waals surface area contributed by atoms with Crippen molar-refractivity contribution in [3.05, 3.63) is 23.6 Å². The van der Waals surface area contributed by atoms with Crippen molar-refractivity contribution in [1.29, 1.82) is 0 Å². The third-order valence-corrected chi connectivity index (χ3v) is 3.47. The molecule has 2 aromatic rings. The van der Waals surface area contributed by atoms with Crippen LogP contribution in [0.1, 0.15) is 19.5 Å². The zero-order valence-electron chi connectivity index (χ0n) is 11.8. The van der Waals surface area contributed by atoms with Crippen molar-refractivity contribution >= 4 is 10.9 Å². The molecule has 4 nitrogen and oxygen atoms in total. The number of halogens is 1. The van der Waals surface area contributed by atoms with Gasteiger partial charge in [-0.1, -0.05) is 0 Å². The molecule has 1 aromatic heterocycles. The van der Waals surface area contributed by atoms with E-state index >= 15 is 0 Å². The Hall–Kier alpha value is -1.62. The van der Waals surface area contributed by atoms with Crippen molar-refractivity contribution in [2.45, 2.75) is 26.3 Å². The third kappa shape index (κ3) is 2.87. The molecule has 2 rings (SSSR count). The standard InChI is InChI=1S/C14H20FN3O/c1-9(2)18(3)6-5-11-14-12(17-16-11)7-10(15)8-13(14)19-4/h7-9H,5-6H2,1-4H3,(H,16,17). The smallest absolute Gasteiger partial charge is 0.133 e. The van der Waals surface area contributed by atoms with Gasteiger partial charge in [0.2, 0.25) is 0 Å². The van der Waals surface area contributed by atoms with E-state index < -0.39 is 0 Å². The lowest BCUT2D eigenvalue weighted by Gasteiger charge is -2.20. The van der Waals surface area contributed by atoms with Crippen molar-refractivity contribution in [2.75, 3.05) is 20.7 Å². The van der Waals surface area contributed by atoms with Crippen LogP contribution in [0.25, 0.3) is 10.9 Å². The SMILES string of the molecule is COc1cc(F)cc2[nH]nc(CCN(C)C(C)C)c12. The maximum Gasteiger partial charge on any atom is 0.133 e. The molecule has 0 atom stereocenters. The monoisotopic (exact) mass is 265 g/mol. The van der Waals surface area contributed by atoms with Crippen LogP contribution in [0.5, 0.6) is 5.75 Å². The third-order valence-electron chi connectivity index (χ3n) is 3.47. The lowest BCUT2D eigenvalue weighted by atomic mass is 10.1. The van der Waals surface area contributed by atoms with E-state index in [0.717, 1.165) is 24.0 Å². The molecule has 0 saturated carbocycles. The number of H-pyrrole nitrogens is 1. The average Bonchev–Trinajstić information content (AvgIpc) is 2.77. The highest BCUT2D eigenvalue weighted by Crippen LogP contribution is 2.28. The number of benzene rings is 1. The summed E-state index contributed by atoms with van der Waals surface area (Å²) < 4.78 is 18.6. The summed E-state index contributed by atoms with van der Waals surface area (Å²) in [6.07, 6.45) is 0.802. The first-order valence-corrected chi connectivity index (χ1v) is 6.43. The van der Waals surface area contributed by atoms with Crippen LogP contribution < -0.4 is 4.74 Å². The van der Waals surface area contributed by atoms with Crippen molar-refractivity contribution in [1.82, 2.24) is 15.1 Å². The fourth-order valence-corrected chi connectivity index (χ4v) is 2.03. The van der Waals surface area contributed by atoms with Gasteiger partial charge in [-0.3, -0.25) is 5.10 Å². The Kier molecular flexibility index (Phi) is 4.04. The number of fused-ring (bicyclic) bond motifs is 1. The van der Waals surface area contributed by atoms with Gasteiger partial charge in [0.1, 0.15) is 11.6 Å².